The summed E-state index contributed by atoms with van der Waals surface area (Å²) >= 11 is 0. The Kier molecular flexibility index (Phi) is 4.29. The van der Waals surface area contributed by atoms with Gasteiger partial charge in [-0.05, 0) is 48.5 Å². The van der Waals surface area contributed by atoms with Crippen LogP contribution < -0.4 is 20.9 Å². The van der Waals surface area contributed by atoms with Crippen LogP contribution in [0.4, 0.5) is 11.4 Å². The van der Waals surface area contributed by atoms with Gasteiger partial charge in [-0.3, -0.25) is 9.59 Å². The number of benzene rings is 3. The normalized spacial score (nSPS) is 13.3. The highest BCUT2D eigenvalue weighted by Crippen LogP contribution is 2.30. The van der Waals surface area contributed by atoms with Crippen LogP contribution in [0.15, 0.2) is 84.3 Å². The molecule has 0 atom stereocenters. The average Bonchev–Trinajstić information content (AvgIpc) is 2.71. The summed E-state index contributed by atoms with van der Waals surface area (Å²) in [6.07, 6.45) is 0. The number of ether oxygens (including phenoxy) is 2. The van der Waals surface area contributed by atoms with Crippen molar-refractivity contribution in [1.82, 2.24) is 0 Å². The van der Waals surface area contributed by atoms with Gasteiger partial charge in [0, 0.05) is 22.5 Å². The lowest BCUT2D eigenvalue weighted by molar-refractivity contribution is 0.0897. The lowest BCUT2D eigenvalue weighted by atomic mass is 9.92. The van der Waals surface area contributed by atoms with E-state index in [0.29, 0.717) is 22.9 Å². The number of allylic oxidation sites excluding steroid dienone is 2. The number of carbonyl (C=O) groups excluding carboxylic acids is 2. The maximum absolute atomic E-state index is 13.0. The summed E-state index contributed by atoms with van der Waals surface area (Å²) in [5, 5.41) is 0. The summed E-state index contributed by atoms with van der Waals surface area (Å²) in [7, 11) is 0. The highest BCUT2D eigenvalue weighted by Gasteiger charge is 2.36. The Labute approximate surface area is 161 Å². The van der Waals surface area contributed by atoms with E-state index in [-0.39, 0.29) is 22.6 Å². The molecule has 0 bridgehead atoms. The lowest BCUT2D eigenvalue weighted by Gasteiger charge is -2.21. The van der Waals surface area contributed by atoms with Crippen LogP contribution in [0.1, 0.15) is 20.7 Å². The molecule has 0 radical (unpaired) electrons. The van der Waals surface area contributed by atoms with E-state index in [1.165, 1.54) is 0 Å². The van der Waals surface area contributed by atoms with Gasteiger partial charge < -0.3 is 20.9 Å². The molecule has 0 fully saturated rings. The first-order chi connectivity index (χ1) is 13.5. The van der Waals surface area contributed by atoms with Crippen LogP contribution in [0.25, 0.3) is 0 Å². The SMILES string of the molecule is Nc1ccc(OC2=C(Oc3ccc(N)cc3)C(=O)c3ccccc3C2=O)cc1. The second kappa shape index (κ2) is 6.92. The predicted molar refractivity (Wildman–Crippen MR) is 105 cm³/mol. The number of nitrogens with two attached hydrogens (primary N) is 2. The fraction of sp³-hybridized carbons (Fsp3) is 0. The van der Waals surface area contributed by atoms with Gasteiger partial charge in [-0.1, -0.05) is 24.3 Å². The van der Waals surface area contributed by atoms with Gasteiger partial charge in [0.25, 0.3) is 0 Å². The molecule has 3 aromatic rings. The fourth-order valence-corrected chi connectivity index (χ4v) is 2.82. The van der Waals surface area contributed by atoms with Crippen LogP contribution in [0.3, 0.4) is 0 Å². The van der Waals surface area contributed by atoms with Crippen molar-refractivity contribution in [1.29, 1.82) is 0 Å². The maximum Gasteiger partial charge on any atom is 0.233 e. The predicted octanol–water partition coefficient (Wildman–Crippen LogP) is 3.60. The molecule has 0 aliphatic heterocycles. The van der Waals surface area contributed by atoms with E-state index in [1.807, 2.05) is 0 Å². The van der Waals surface area contributed by atoms with Crippen molar-refractivity contribution in [2.24, 2.45) is 0 Å². The number of hydrogen-bond donors (Lipinski definition) is 2. The van der Waals surface area contributed by atoms with E-state index < -0.39 is 11.6 Å². The van der Waals surface area contributed by atoms with E-state index in [1.54, 1.807) is 72.8 Å². The van der Waals surface area contributed by atoms with Crippen LogP contribution in [-0.2, 0) is 0 Å². The number of carbonyl (C=O) groups is 2. The molecule has 0 heterocycles. The van der Waals surface area contributed by atoms with E-state index >= 15 is 0 Å². The van der Waals surface area contributed by atoms with Crippen molar-refractivity contribution >= 4 is 22.9 Å². The second-order valence-electron chi connectivity index (χ2n) is 6.20. The molecule has 4 N–H and O–H groups in total. The average molecular weight is 372 g/mol. The number of hydrogen-bond acceptors (Lipinski definition) is 6. The van der Waals surface area contributed by atoms with Gasteiger partial charge in [0.2, 0.25) is 23.1 Å². The molecular weight excluding hydrogens is 356 g/mol. The molecule has 4 rings (SSSR count). The summed E-state index contributed by atoms with van der Waals surface area (Å²) in [5.41, 5.74) is 13.0. The first-order valence-electron chi connectivity index (χ1n) is 8.52. The summed E-state index contributed by atoms with van der Waals surface area (Å²) in [6.45, 7) is 0. The van der Waals surface area contributed by atoms with Gasteiger partial charge in [-0.25, -0.2) is 0 Å². The van der Waals surface area contributed by atoms with Gasteiger partial charge >= 0.3 is 0 Å². The number of ketones is 2. The lowest BCUT2D eigenvalue weighted by Crippen LogP contribution is -2.27. The monoisotopic (exact) mass is 372 g/mol. The van der Waals surface area contributed by atoms with Crippen LogP contribution in [0.2, 0.25) is 0 Å². The van der Waals surface area contributed by atoms with E-state index in [0.717, 1.165) is 0 Å². The number of rotatable bonds is 4. The Morgan fingerprint density at radius 3 is 1.25 bits per heavy atom. The van der Waals surface area contributed by atoms with Crippen molar-refractivity contribution in [2.45, 2.75) is 0 Å². The summed E-state index contributed by atoms with van der Waals surface area (Å²) in [4.78, 5) is 26.1. The third-order valence-electron chi connectivity index (χ3n) is 4.24. The van der Waals surface area contributed by atoms with Crippen molar-refractivity contribution < 1.29 is 19.1 Å². The molecule has 6 nitrogen and oxygen atoms in total. The molecular formula is C22H16N2O4. The molecule has 1 aliphatic carbocycles. The molecule has 0 aromatic heterocycles. The Morgan fingerprint density at radius 2 is 0.893 bits per heavy atom. The van der Waals surface area contributed by atoms with Crippen LogP contribution in [-0.4, -0.2) is 11.6 Å². The van der Waals surface area contributed by atoms with Gasteiger partial charge in [-0.2, -0.15) is 0 Å². The number of Topliss-reactive ketones (excluding diaryl/α,β-unsaturated/α-hetero) is 2. The third kappa shape index (κ3) is 3.19. The zero-order valence-electron chi connectivity index (χ0n) is 14.7. The van der Waals surface area contributed by atoms with E-state index in [9.17, 15) is 9.59 Å². The third-order valence-corrected chi connectivity index (χ3v) is 4.24. The molecule has 1 aliphatic rings. The topological polar surface area (TPSA) is 105 Å². The van der Waals surface area contributed by atoms with Crippen LogP contribution in [0.5, 0.6) is 11.5 Å². The number of nitrogen functional groups attached to an aromatic ring is 2. The minimum Gasteiger partial charge on any atom is -0.449 e. The van der Waals surface area contributed by atoms with Gasteiger partial charge in [0.1, 0.15) is 11.5 Å². The smallest absolute Gasteiger partial charge is 0.233 e. The summed E-state index contributed by atoms with van der Waals surface area (Å²) in [5.74, 6) is -0.489. The molecule has 0 spiro atoms. The zero-order chi connectivity index (χ0) is 19.7. The van der Waals surface area contributed by atoms with Gasteiger partial charge in [0.05, 0.1) is 0 Å². The van der Waals surface area contributed by atoms with Crippen molar-refractivity contribution in [3.05, 3.63) is 95.4 Å². The molecule has 138 valence electrons. The molecule has 28 heavy (non-hydrogen) atoms. The fourth-order valence-electron chi connectivity index (χ4n) is 2.82. The molecule has 3 aromatic carbocycles. The summed E-state index contributed by atoms with van der Waals surface area (Å²) < 4.78 is 11.5. The minimum atomic E-state index is -0.433. The first-order valence-corrected chi connectivity index (χ1v) is 8.52. The highest BCUT2D eigenvalue weighted by atomic mass is 16.5. The van der Waals surface area contributed by atoms with E-state index in [2.05, 4.69) is 0 Å². The number of fused-ring (bicyclic) bond motifs is 1. The van der Waals surface area contributed by atoms with Gasteiger partial charge in [0.15, 0.2) is 0 Å². The Balaban J connectivity index is 1.80. The zero-order valence-corrected chi connectivity index (χ0v) is 14.7. The Hall–Kier alpha value is -4.06. The largest absolute Gasteiger partial charge is 0.449 e. The summed E-state index contributed by atoms with van der Waals surface area (Å²) in [6, 6.07) is 19.6. The Bertz CT molecular complexity index is 1010. The number of anilines is 2. The Morgan fingerprint density at radius 1 is 0.536 bits per heavy atom. The van der Waals surface area contributed by atoms with Crippen molar-refractivity contribution in [3.8, 4) is 11.5 Å². The molecule has 0 saturated heterocycles. The first kappa shape index (κ1) is 17.4. The molecule has 6 heteroatoms. The van der Waals surface area contributed by atoms with Crippen molar-refractivity contribution in [2.75, 3.05) is 11.5 Å². The van der Waals surface area contributed by atoms with E-state index in [4.69, 9.17) is 20.9 Å². The minimum absolute atomic E-state index is 0.176. The van der Waals surface area contributed by atoms with Crippen LogP contribution >= 0.6 is 0 Å². The molecule has 0 saturated carbocycles. The van der Waals surface area contributed by atoms with Crippen LogP contribution in [0, 0.1) is 0 Å². The quantitative estimate of drug-likeness (QED) is 0.678. The standard InChI is InChI=1S/C22H16N2O4/c23-13-5-9-15(10-6-13)27-21-19(25)17-3-1-2-4-18(17)20(26)22(21)28-16-11-7-14(24)8-12-16/h1-12H,23-24H2. The maximum atomic E-state index is 13.0. The van der Waals surface area contributed by atoms with Gasteiger partial charge in [-0.15, -0.1) is 0 Å². The molecule has 0 unspecified atom stereocenters. The van der Waals surface area contributed by atoms with Crippen molar-refractivity contribution in [3.63, 3.8) is 0 Å². The second-order valence-corrected chi connectivity index (χ2v) is 6.20. The highest BCUT2D eigenvalue weighted by molar-refractivity contribution is 6.25. The molecule has 0 amide bonds.